The first-order chi connectivity index (χ1) is 6.74. The van der Waals surface area contributed by atoms with Crippen molar-refractivity contribution in [3.8, 4) is 0 Å². The van der Waals surface area contributed by atoms with Crippen LogP contribution < -0.4 is 0 Å². The van der Waals surface area contributed by atoms with Crippen molar-refractivity contribution in [1.82, 2.24) is 0 Å². The lowest BCUT2D eigenvalue weighted by atomic mass is 9.98. The molecule has 0 aliphatic heterocycles. The molecule has 0 radical (unpaired) electrons. The Bertz CT molecular complexity index is 273. The van der Waals surface area contributed by atoms with Crippen molar-refractivity contribution < 1.29 is 14.3 Å². The average molecular weight is 195 g/mol. The molecule has 0 amide bonds. The SMILES string of the molecule is C=C(N=C=O)C(=O)OC1CCCCC1. The van der Waals surface area contributed by atoms with E-state index in [-0.39, 0.29) is 11.8 Å². The van der Waals surface area contributed by atoms with Crippen LogP contribution in [0.5, 0.6) is 0 Å². The molecule has 1 fully saturated rings. The summed E-state index contributed by atoms with van der Waals surface area (Å²) < 4.78 is 5.09. The maximum atomic E-state index is 11.2. The summed E-state index contributed by atoms with van der Waals surface area (Å²) >= 11 is 0. The van der Waals surface area contributed by atoms with Gasteiger partial charge in [0.2, 0.25) is 6.08 Å². The maximum Gasteiger partial charge on any atom is 0.357 e. The minimum atomic E-state index is -0.611. The topological polar surface area (TPSA) is 55.7 Å². The molecule has 1 aliphatic carbocycles. The largest absolute Gasteiger partial charge is 0.458 e. The molecule has 0 aromatic carbocycles. The van der Waals surface area contributed by atoms with Gasteiger partial charge >= 0.3 is 5.97 Å². The highest BCUT2D eigenvalue weighted by molar-refractivity contribution is 5.88. The van der Waals surface area contributed by atoms with Crippen LogP contribution in [-0.2, 0) is 14.3 Å². The van der Waals surface area contributed by atoms with E-state index in [4.69, 9.17) is 4.74 Å². The Morgan fingerprint density at radius 2 is 2.00 bits per heavy atom. The van der Waals surface area contributed by atoms with Crippen LogP contribution in [0.1, 0.15) is 32.1 Å². The quantitative estimate of drug-likeness (QED) is 0.298. The molecule has 0 N–H and O–H groups in total. The Morgan fingerprint density at radius 1 is 1.36 bits per heavy atom. The maximum absolute atomic E-state index is 11.2. The van der Waals surface area contributed by atoms with E-state index in [1.54, 1.807) is 0 Å². The molecule has 0 unspecified atom stereocenters. The van der Waals surface area contributed by atoms with Crippen molar-refractivity contribution >= 4 is 12.0 Å². The van der Waals surface area contributed by atoms with Gasteiger partial charge < -0.3 is 4.74 Å². The molecule has 1 rings (SSSR count). The van der Waals surface area contributed by atoms with Crippen LogP contribution in [0.3, 0.4) is 0 Å². The third kappa shape index (κ3) is 3.15. The van der Waals surface area contributed by atoms with Gasteiger partial charge in [-0.05, 0) is 25.7 Å². The number of hydrogen-bond acceptors (Lipinski definition) is 4. The second-order valence-corrected chi connectivity index (χ2v) is 3.32. The monoisotopic (exact) mass is 195 g/mol. The highest BCUT2D eigenvalue weighted by atomic mass is 16.5. The van der Waals surface area contributed by atoms with E-state index in [1.807, 2.05) is 0 Å². The Hall–Kier alpha value is -1.41. The molecule has 0 spiro atoms. The molecular weight excluding hydrogens is 182 g/mol. The van der Waals surface area contributed by atoms with Crippen molar-refractivity contribution in [3.05, 3.63) is 12.3 Å². The summed E-state index contributed by atoms with van der Waals surface area (Å²) in [5.41, 5.74) is -0.175. The molecule has 0 aromatic heterocycles. The van der Waals surface area contributed by atoms with Crippen LogP contribution in [0.15, 0.2) is 17.3 Å². The third-order valence-electron chi connectivity index (χ3n) is 2.24. The van der Waals surface area contributed by atoms with Crippen molar-refractivity contribution in [3.63, 3.8) is 0 Å². The van der Waals surface area contributed by atoms with Gasteiger partial charge in [0, 0.05) is 0 Å². The van der Waals surface area contributed by atoms with E-state index in [0.29, 0.717) is 0 Å². The van der Waals surface area contributed by atoms with E-state index < -0.39 is 5.97 Å². The van der Waals surface area contributed by atoms with Crippen LogP contribution in [0.2, 0.25) is 0 Å². The number of carbonyl (C=O) groups is 1. The highest BCUT2D eigenvalue weighted by Gasteiger charge is 2.18. The average Bonchev–Trinajstić information content (AvgIpc) is 2.19. The fourth-order valence-electron chi connectivity index (χ4n) is 1.50. The van der Waals surface area contributed by atoms with Gasteiger partial charge in [-0.2, -0.15) is 4.99 Å². The molecule has 0 atom stereocenters. The molecule has 0 saturated heterocycles. The van der Waals surface area contributed by atoms with Crippen LogP contribution in [0, 0.1) is 0 Å². The highest BCUT2D eigenvalue weighted by Crippen LogP contribution is 2.20. The van der Waals surface area contributed by atoms with Gasteiger partial charge in [-0.25, -0.2) is 9.59 Å². The number of carbonyl (C=O) groups excluding carboxylic acids is 2. The van der Waals surface area contributed by atoms with Crippen LogP contribution in [0.4, 0.5) is 0 Å². The summed E-state index contributed by atoms with van der Waals surface area (Å²) in [6.45, 7) is 3.31. The van der Waals surface area contributed by atoms with Gasteiger partial charge in [-0.15, -0.1) is 0 Å². The number of isocyanates is 1. The number of hydrogen-bond donors (Lipinski definition) is 0. The van der Waals surface area contributed by atoms with Crippen molar-refractivity contribution in [2.45, 2.75) is 38.2 Å². The molecule has 1 saturated carbocycles. The Kier molecular flexibility index (Phi) is 4.08. The number of nitrogens with zero attached hydrogens (tertiary/aromatic N) is 1. The molecule has 1 aliphatic rings. The predicted octanol–water partition coefficient (Wildman–Crippen LogP) is 1.71. The van der Waals surface area contributed by atoms with E-state index >= 15 is 0 Å². The van der Waals surface area contributed by atoms with Gasteiger partial charge in [0.25, 0.3) is 0 Å². The van der Waals surface area contributed by atoms with E-state index in [1.165, 1.54) is 12.5 Å². The summed E-state index contributed by atoms with van der Waals surface area (Å²) in [5.74, 6) is -0.611. The molecule has 0 aromatic rings. The van der Waals surface area contributed by atoms with E-state index in [0.717, 1.165) is 25.7 Å². The van der Waals surface area contributed by atoms with Gasteiger partial charge in [0.05, 0.1) is 0 Å². The molecular formula is C10H13NO3. The summed E-state index contributed by atoms with van der Waals surface area (Å²) in [6.07, 6.45) is 6.38. The van der Waals surface area contributed by atoms with Crippen molar-refractivity contribution in [1.29, 1.82) is 0 Å². The fourth-order valence-corrected chi connectivity index (χ4v) is 1.50. The molecule has 4 heteroatoms. The molecule has 4 nitrogen and oxygen atoms in total. The lowest BCUT2D eigenvalue weighted by Gasteiger charge is -2.21. The Labute approximate surface area is 82.7 Å². The number of ether oxygens (including phenoxy) is 1. The fraction of sp³-hybridized carbons (Fsp3) is 0.600. The Balaban J connectivity index is 2.39. The molecule has 0 bridgehead atoms. The smallest absolute Gasteiger partial charge is 0.357 e. The third-order valence-corrected chi connectivity index (χ3v) is 2.24. The molecule has 76 valence electrons. The zero-order valence-electron chi connectivity index (χ0n) is 7.99. The first-order valence-electron chi connectivity index (χ1n) is 4.72. The summed E-state index contributed by atoms with van der Waals surface area (Å²) in [7, 11) is 0. The number of aliphatic imine (C=N–C) groups is 1. The van der Waals surface area contributed by atoms with Gasteiger partial charge in [-0.3, -0.25) is 0 Å². The first kappa shape index (κ1) is 10.7. The van der Waals surface area contributed by atoms with Crippen molar-refractivity contribution in [2.75, 3.05) is 0 Å². The number of rotatable bonds is 3. The van der Waals surface area contributed by atoms with Gasteiger partial charge in [0.1, 0.15) is 6.10 Å². The lowest BCUT2D eigenvalue weighted by Crippen LogP contribution is -2.21. The van der Waals surface area contributed by atoms with Crippen LogP contribution >= 0.6 is 0 Å². The first-order valence-corrected chi connectivity index (χ1v) is 4.72. The van der Waals surface area contributed by atoms with Crippen LogP contribution in [-0.4, -0.2) is 18.2 Å². The van der Waals surface area contributed by atoms with Gasteiger partial charge in [0.15, 0.2) is 5.70 Å². The zero-order chi connectivity index (χ0) is 10.4. The predicted molar refractivity (Wildman–Crippen MR) is 50.2 cm³/mol. The van der Waals surface area contributed by atoms with Crippen LogP contribution in [0.25, 0.3) is 0 Å². The van der Waals surface area contributed by atoms with E-state index in [9.17, 15) is 9.59 Å². The normalized spacial score (nSPS) is 16.9. The minimum Gasteiger partial charge on any atom is -0.458 e. The number of esters is 1. The lowest BCUT2D eigenvalue weighted by molar-refractivity contribution is -0.145. The summed E-state index contributed by atoms with van der Waals surface area (Å²) in [4.78, 5) is 24.2. The second kappa shape index (κ2) is 5.35. The second-order valence-electron chi connectivity index (χ2n) is 3.32. The standard InChI is InChI=1S/C10H13NO3/c1-8(11-7-12)10(13)14-9-5-3-2-4-6-9/h9H,1-6H2. The Morgan fingerprint density at radius 3 is 2.57 bits per heavy atom. The van der Waals surface area contributed by atoms with Crippen molar-refractivity contribution in [2.24, 2.45) is 4.99 Å². The molecule has 14 heavy (non-hydrogen) atoms. The van der Waals surface area contributed by atoms with Gasteiger partial charge in [-0.1, -0.05) is 13.0 Å². The van der Waals surface area contributed by atoms with E-state index in [2.05, 4.69) is 11.6 Å². The summed E-state index contributed by atoms with van der Waals surface area (Å²) in [5, 5.41) is 0. The summed E-state index contributed by atoms with van der Waals surface area (Å²) in [6, 6.07) is 0. The minimum absolute atomic E-state index is 0.0325. The zero-order valence-corrected chi connectivity index (χ0v) is 7.99. The molecule has 0 heterocycles.